The van der Waals surface area contributed by atoms with Gasteiger partial charge >= 0.3 is 0 Å². The number of aliphatic hydroxyl groups excluding tert-OH is 2. The molecule has 4 unspecified atom stereocenters. The quantitative estimate of drug-likeness (QED) is 0.548. The number of nitrogens with two attached hydrogens (primary N) is 1. The first-order valence-electron chi connectivity index (χ1n) is 4.12. The van der Waals surface area contributed by atoms with Gasteiger partial charge in [-0.15, -0.1) is 0 Å². The predicted octanol–water partition coefficient (Wildman–Crippen LogP) is 0.102. The molecule has 0 saturated heterocycles. The van der Waals surface area contributed by atoms with Gasteiger partial charge in [0.1, 0.15) is 0 Å². The van der Waals surface area contributed by atoms with E-state index in [4.69, 9.17) is 5.73 Å². The Morgan fingerprint density at radius 2 is 1.73 bits per heavy atom. The Hall–Kier alpha value is -0.120. The van der Waals surface area contributed by atoms with Crippen molar-refractivity contribution < 1.29 is 10.2 Å². The minimum atomic E-state index is -0.607. The topological polar surface area (TPSA) is 66.5 Å². The van der Waals surface area contributed by atoms with Crippen LogP contribution in [-0.2, 0) is 0 Å². The maximum Gasteiger partial charge on any atom is 0.0738 e. The van der Waals surface area contributed by atoms with Crippen LogP contribution in [0.25, 0.3) is 0 Å². The van der Waals surface area contributed by atoms with Crippen LogP contribution in [0.3, 0.4) is 0 Å². The van der Waals surface area contributed by atoms with Gasteiger partial charge in [0, 0.05) is 12.0 Å². The summed E-state index contributed by atoms with van der Waals surface area (Å²) in [6.45, 7) is 5.43. The van der Waals surface area contributed by atoms with Crippen molar-refractivity contribution >= 4 is 0 Å². The molecule has 0 aliphatic carbocycles. The number of hydrogen-bond acceptors (Lipinski definition) is 3. The van der Waals surface area contributed by atoms with Crippen LogP contribution in [0.1, 0.15) is 27.2 Å². The highest BCUT2D eigenvalue weighted by molar-refractivity contribution is 4.77. The Morgan fingerprint density at radius 3 is 2.00 bits per heavy atom. The van der Waals surface area contributed by atoms with E-state index in [1.54, 1.807) is 6.92 Å². The molecule has 0 bridgehead atoms. The van der Waals surface area contributed by atoms with Gasteiger partial charge in [-0.1, -0.05) is 13.8 Å². The van der Waals surface area contributed by atoms with Crippen LogP contribution >= 0.6 is 0 Å². The van der Waals surface area contributed by atoms with Crippen molar-refractivity contribution in [1.29, 1.82) is 0 Å². The number of hydrogen-bond donors (Lipinski definition) is 3. The molecule has 3 heteroatoms. The second-order valence-electron chi connectivity index (χ2n) is 3.18. The third-order valence-electron chi connectivity index (χ3n) is 2.10. The number of aliphatic hydroxyl groups is 2. The second kappa shape index (κ2) is 4.70. The summed E-state index contributed by atoms with van der Waals surface area (Å²) in [5.41, 5.74) is 5.47. The van der Waals surface area contributed by atoms with Gasteiger partial charge in [0.05, 0.1) is 12.2 Å². The van der Waals surface area contributed by atoms with E-state index < -0.39 is 12.2 Å². The first-order chi connectivity index (χ1) is 5.00. The Morgan fingerprint density at radius 1 is 1.27 bits per heavy atom. The highest BCUT2D eigenvalue weighted by Gasteiger charge is 2.23. The largest absolute Gasteiger partial charge is 0.393 e. The molecule has 0 amide bonds. The summed E-state index contributed by atoms with van der Waals surface area (Å²) >= 11 is 0. The fourth-order valence-electron chi connectivity index (χ4n) is 1.08. The molecular formula is C8H19NO2. The van der Waals surface area contributed by atoms with Crippen LogP contribution in [-0.4, -0.2) is 28.5 Å². The van der Waals surface area contributed by atoms with E-state index in [9.17, 15) is 10.2 Å². The van der Waals surface area contributed by atoms with Crippen molar-refractivity contribution in [2.75, 3.05) is 0 Å². The lowest BCUT2D eigenvalue weighted by molar-refractivity contribution is 0.0101. The molecule has 0 aromatic heterocycles. The summed E-state index contributed by atoms with van der Waals surface area (Å²) in [7, 11) is 0. The monoisotopic (exact) mass is 161 g/mol. The molecule has 0 fully saturated rings. The smallest absolute Gasteiger partial charge is 0.0738 e. The maximum absolute atomic E-state index is 9.41. The van der Waals surface area contributed by atoms with E-state index >= 15 is 0 Å². The van der Waals surface area contributed by atoms with Gasteiger partial charge in [-0.25, -0.2) is 0 Å². The predicted molar refractivity (Wildman–Crippen MR) is 45.1 cm³/mol. The van der Waals surface area contributed by atoms with Crippen LogP contribution in [0.5, 0.6) is 0 Å². The third kappa shape index (κ3) is 3.18. The first kappa shape index (κ1) is 10.9. The fraction of sp³-hybridized carbons (Fsp3) is 1.00. The molecule has 0 aromatic carbocycles. The molecule has 0 radical (unpaired) electrons. The van der Waals surface area contributed by atoms with Gasteiger partial charge in [-0.2, -0.15) is 0 Å². The van der Waals surface area contributed by atoms with Crippen LogP contribution in [0.4, 0.5) is 0 Å². The third-order valence-corrected chi connectivity index (χ3v) is 2.10. The summed E-state index contributed by atoms with van der Waals surface area (Å²) in [6, 6.07) is -0.272. The lowest BCUT2D eigenvalue weighted by Crippen LogP contribution is -2.41. The molecule has 11 heavy (non-hydrogen) atoms. The maximum atomic E-state index is 9.41. The van der Waals surface area contributed by atoms with Gasteiger partial charge < -0.3 is 15.9 Å². The first-order valence-corrected chi connectivity index (χ1v) is 4.12. The van der Waals surface area contributed by atoms with E-state index in [1.807, 2.05) is 13.8 Å². The summed E-state index contributed by atoms with van der Waals surface area (Å²) in [6.07, 6.45) is -0.397. The fourth-order valence-corrected chi connectivity index (χ4v) is 1.08. The summed E-state index contributed by atoms with van der Waals surface area (Å²) in [5, 5.41) is 18.7. The van der Waals surface area contributed by atoms with E-state index in [0.29, 0.717) is 6.42 Å². The summed E-state index contributed by atoms with van der Waals surface area (Å²) < 4.78 is 0. The molecule has 0 rings (SSSR count). The molecule has 0 aliphatic rings. The van der Waals surface area contributed by atoms with Crippen LogP contribution < -0.4 is 5.73 Å². The van der Waals surface area contributed by atoms with E-state index in [0.717, 1.165) is 0 Å². The van der Waals surface area contributed by atoms with Crippen molar-refractivity contribution in [3.63, 3.8) is 0 Å². The van der Waals surface area contributed by atoms with Crippen molar-refractivity contribution in [1.82, 2.24) is 0 Å². The van der Waals surface area contributed by atoms with Gasteiger partial charge in [0.25, 0.3) is 0 Å². The average Bonchev–Trinajstić information content (AvgIpc) is 2.00. The van der Waals surface area contributed by atoms with Crippen LogP contribution in [0.2, 0.25) is 0 Å². The Kier molecular flexibility index (Phi) is 4.65. The zero-order chi connectivity index (χ0) is 9.02. The normalized spacial score (nSPS) is 22.4. The van der Waals surface area contributed by atoms with Crippen LogP contribution in [0, 0.1) is 5.92 Å². The van der Waals surface area contributed by atoms with Crippen molar-refractivity contribution in [2.45, 2.75) is 45.4 Å². The molecule has 4 N–H and O–H groups in total. The van der Waals surface area contributed by atoms with Crippen molar-refractivity contribution in [2.24, 2.45) is 11.7 Å². The molecule has 4 atom stereocenters. The minimum absolute atomic E-state index is 0.139. The van der Waals surface area contributed by atoms with E-state index in [-0.39, 0.29) is 12.0 Å². The molecule has 0 saturated carbocycles. The molecule has 3 nitrogen and oxygen atoms in total. The van der Waals surface area contributed by atoms with Gasteiger partial charge in [-0.05, 0) is 13.3 Å². The standard InChI is InChI=1S/C8H19NO2/c1-4-7(10)5(2)8(11)6(3)9/h5-8,10-11H,4,9H2,1-3H3. The van der Waals surface area contributed by atoms with Gasteiger partial charge in [0.2, 0.25) is 0 Å². The molecule has 68 valence electrons. The SMILES string of the molecule is CCC(O)C(C)C(O)C(C)N. The Bertz CT molecular complexity index is 106. The molecule has 0 heterocycles. The number of rotatable bonds is 4. The summed E-state index contributed by atoms with van der Waals surface area (Å²) in [4.78, 5) is 0. The molecule has 0 aromatic rings. The van der Waals surface area contributed by atoms with Gasteiger partial charge in [0.15, 0.2) is 0 Å². The zero-order valence-corrected chi connectivity index (χ0v) is 7.49. The highest BCUT2D eigenvalue weighted by atomic mass is 16.3. The second-order valence-corrected chi connectivity index (χ2v) is 3.18. The van der Waals surface area contributed by atoms with E-state index in [1.165, 1.54) is 0 Å². The Labute approximate surface area is 68.2 Å². The lowest BCUT2D eigenvalue weighted by atomic mass is 9.92. The summed E-state index contributed by atoms with van der Waals surface area (Å²) in [5.74, 6) is -0.139. The minimum Gasteiger partial charge on any atom is -0.393 e. The van der Waals surface area contributed by atoms with Crippen molar-refractivity contribution in [3.8, 4) is 0 Å². The van der Waals surface area contributed by atoms with E-state index in [2.05, 4.69) is 0 Å². The molecule has 0 spiro atoms. The average molecular weight is 161 g/mol. The highest BCUT2D eigenvalue weighted by Crippen LogP contribution is 2.13. The molecular weight excluding hydrogens is 142 g/mol. The van der Waals surface area contributed by atoms with Crippen molar-refractivity contribution in [3.05, 3.63) is 0 Å². The zero-order valence-electron chi connectivity index (χ0n) is 7.49. The van der Waals surface area contributed by atoms with Crippen LogP contribution in [0.15, 0.2) is 0 Å². The van der Waals surface area contributed by atoms with Gasteiger partial charge in [-0.3, -0.25) is 0 Å². The molecule has 0 aliphatic heterocycles. The lowest BCUT2D eigenvalue weighted by Gasteiger charge is -2.25. The Balaban J connectivity index is 3.90.